The minimum absolute atomic E-state index is 0.215. The highest BCUT2D eigenvalue weighted by atomic mass is 32.2. The largest absolute Gasteiger partial charge is 0.288 e. The topological polar surface area (TPSA) is 44.1 Å². The van der Waals surface area contributed by atoms with E-state index in [1.165, 1.54) is 0 Å². The molecule has 0 saturated carbocycles. The van der Waals surface area contributed by atoms with E-state index < -0.39 is 10.8 Å². The molecule has 3 nitrogen and oxygen atoms in total. The molecule has 1 saturated heterocycles. The fraction of sp³-hybridized carbons (Fsp3) is 0.889. The fourth-order valence-electron chi connectivity index (χ4n) is 1.72. The Hall–Kier alpha value is -0.400. The maximum atomic E-state index is 11.7. The van der Waals surface area contributed by atoms with Crippen molar-refractivity contribution < 1.29 is 4.21 Å². The van der Waals surface area contributed by atoms with Gasteiger partial charge in [0.15, 0.2) is 0 Å². The summed E-state index contributed by atoms with van der Waals surface area (Å²) in [5.74, 6) is 0. The summed E-state index contributed by atoms with van der Waals surface area (Å²) in [5, 5.41) is 9.04. The van der Waals surface area contributed by atoms with Gasteiger partial charge in [-0.3, -0.25) is 9.11 Å². The van der Waals surface area contributed by atoms with Crippen molar-refractivity contribution in [3.8, 4) is 6.07 Å². The lowest BCUT2D eigenvalue weighted by Crippen LogP contribution is -2.48. The first kappa shape index (κ1) is 10.7. The van der Waals surface area contributed by atoms with Crippen LogP contribution in [0.4, 0.5) is 0 Å². The van der Waals surface area contributed by atoms with Gasteiger partial charge in [0.05, 0.1) is 12.6 Å². The molecule has 0 amide bonds. The van der Waals surface area contributed by atoms with Crippen LogP contribution in [0.2, 0.25) is 0 Å². The average molecular weight is 200 g/mol. The second kappa shape index (κ2) is 4.73. The minimum Gasteiger partial charge on any atom is -0.288 e. The molecule has 3 unspecified atom stereocenters. The molecule has 0 aromatic rings. The van der Waals surface area contributed by atoms with Gasteiger partial charge >= 0.3 is 0 Å². The number of rotatable bonds is 2. The molecule has 0 aliphatic carbocycles. The van der Waals surface area contributed by atoms with Crippen LogP contribution in [0.25, 0.3) is 0 Å². The normalized spacial score (nSPS) is 35.6. The van der Waals surface area contributed by atoms with Crippen LogP contribution in [-0.4, -0.2) is 39.2 Å². The molecule has 0 radical (unpaired) electrons. The highest BCUT2D eigenvalue weighted by Gasteiger charge is 2.29. The Labute approximate surface area is 82.2 Å². The molecule has 1 heterocycles. The zero-order valence-electron chi connectivity index (χ0n) is 8.19. The van der Waals surface area contributed by atoms with Crippen LogP contribution in [0.1, 0.15) is 20.3 Å². The van der Waals surface area contributed by atoms with E-state index in [-0.39, 0.29) is 10.5 Å². The number of nitriles is 1. The molecule has 4 heteroatoms. The lowest BCUT2D eigenvalue weighted by atomic mass is 10.2. The maximum absolute atomic E-state index is 11.7. The predicted octanol–water partition coefficient (Wildman–Crippen LogP) is 0.741. The molecule has 74 valence electrons. The Morgan fingerprint density at radius 1 is 1.62 bits per heavy atom. The third-order valence-electron chi connectivity index (χ3n) is 2.45. The van der Waals surface area contributed by atoms with E-state index in [0.29, 0.717) is 6.54 Å². The Balaban J connectivity index is 2.59. The Bertz CT molecular complexity index is 236. The molecule has 0 bridgehead atoms. The van der Waals surface area contributed by atoms with Crippen LogP contribution in [-0.2, 0) is 10.8 Å². The van der Waals surface area contributed by atoms with Crippen molar-refractivity contribution in [2.45, 2.75) is 30.8 Å². The van der Waals surface area contributed by atoms with E-state index in [0.717, 1.165) is 19.5 Å². The SMILES string of the molecule is CCC1CN(CC#N)CC(C)S1=O. The monoisotopic (exact) mass is 200 g/mol. The molecule has 13 heavy (non-hydrogen) atoms. The lowest BCUT2D eigenvalue weighted by Gasteiger charge is -2.33. The summed E-state index contributed by atoms with van der Waals surface area (Å²) in [5.41, 5.74) is 0. The van der Waals surface area contributed by atoms with Crippen molar-refractivity contribution in [1.82, 2.24) is 4.90 Å². The van der Waals surface area contributed by atoms with Crippen molar-refractivity contribution in [2.75, 3.05) is 19.6 Å². The zero-order valence-corrected chi connectivity index (χ0v) is 9.01. The summed E-state index contributed by atoms with van der Waals surface area (Å²) < 4.78 is 11.7. The Kier molecular flexibility index (Phi) is 3.89. The quantitative estimate of drug-likeness (QED) is 0.618. The lowest BCUT2D eigenvalue weighted by molar-refractivity contribution is 0.290. The Morgan fingerprint density at radius 3 is 2.85 bits per heavy atom. The van der Waals surface area contributed by atoms with E-state index in [1.54, 1.807) is 0 Å². The zero-order chi connectivity index (χ0) is 9.84. The van der Waals surface area contributed by atoms with Crippen molar-refractivity contribution >= 4 is 10.8 Å². The third kappa shape index (κ3) is 2.52. The summed E-state index contributed by atoms with van der Waals surface area (Å²) in [6, 6.07) is 2.14. The second-order valence-corrected chi connectivity index (χ2v) is 5.65. The summed E-state index contributed by atoms with van der Waals surface area (Å²) in [7, 11) is -0.698. The highest BCUT2D eigenvalue weighted by molar-refractivity contribution is 7.86. The second-order valence-electron chi connectivity index (χ2n) is 3.52. The van der Waals surface area contributed by atoms with E-state index >= 15 is 0 Å². The molecule has 1 aliphatic heterocycles. The van der Waals surface area contributed by atoms with Crippen molar-refractivity contribution in [3.05, 3.63) is 0 Å². The molecule has 0 N–H and O–H groups in total. The standard InChI is InChI=1S/C9H16N2OS/c1-3-9-7-11(5-4-10)6-8(2)13(9)12/h8-9H,3,5-7H2,1-2H3. The van der Waals surface area contributed by atoms with Gasteiger partial charge in [-0.05, 0) is 13.3 Å². The first-order valence-electron chi connectivity index (χ1n) is 4.67. The number of hydrogen-bond donors (Lipinski definition) is 0. The highest BCUT2D eigenvalue weighted by Crippen LogP contribution is 2.16. The average Bonchev–Trinajstić information content (AvgIpc) is 2.11. The van der Waals surface area contributed by atoms with Gasteiger partial charge in [-0.1, -0.05) is 6.92 Å². The summed E-state index contributed by atoms with van der Waals surface area (Å²) in [4.78, 5) is 2.10. The van der Waals surface area contributed by atoms with E-state index in [1.807, 2.05) is 6.92 Å². The van der Waals surface area contributed by atoms with Crippen LogP contribution in [0.5, 0.6) is 0 Å². The van der Waals surface area contributed by atoms with Gasteiger partial charge in [0.25, 0.3) is 0 Å². The smallest absolute Gasteiger partial charge is 0.0866 e. The summed E-state index contributed by atoms with van der Waals surface area (Å²) in [6.07, 6.45) is 0.943. The van der Waals surface area contributed by atoms with Gasteiger partial charge in [0.2, 0.25) is 0 Å². The molecule has 3 atom stereocenters. The molecule has 1 aliphatic rings. The Morgan fingerprint density at radius 2 is 2.31 bits per heavy atom. The van der Waals surface area contributed by atoms with Gasteiger partial charge in [0, 0.05) is 34.4 Å². The fourth-order valence-corrected chi connectivity index (χ4v) is 3.43. The van der Waals surface area contributed by atoms with Crippen molar-refractivity contribution in [2.24, 2.45) is 0 Å². The van der Waals surface area contributed by atoms with Gasteiger partial charge in [-0.25, -0.2) is 0 Å². The number of nitrogens with zero attached hydrogens (tertiary/aromatic N) is 2. The van der Waals surface area contributed by atoms with Crippen molar-refractivity contribution in [1.29, 1.82) is 5.26 Å². The van der Waals surface area contributed by atoms with Crippen LogP contribution in [0, 0.1) is 11.3 Å². The van der Waals surface area contributed by atoms with Crippen LogP contribution < -0.4 is 0 Å². The molecule has 1 fully saturated rings. The van der Waals surface area contributed by atoms with Crippen molar-refractivity contribution in [3.63, 3.8) is 0 Å². The molecular formula is C9H16N2OS. The van der Waals surface area contributed by atoms with E-state index in [2.05, 4.69) is 17.9 Å². The molecule has 0 aromatic carbocycles. The molecule has 1 rings (SSSR count). The summed E-state index contributed by atoms with van der Waals surface area (Å²) >= 11 is 0. The van der Waals surface area contributed by atoms with E-state index in [9.17, 15) is 4.21 Å². The minimum atomic E-state index is -0.698. The van der Waals surface area contributed by atoms with Gasteiger partial charge in [0.1, 0.15) is 0 Å². The van der Waals surface area contributed by atoms with Crippen LogP contribution in [0.3, 0.4) is 0 Å². The summed E-state index contributed by atoms with van der Waals surface area (Å²) in [6.45, 7) is 6.16. The third-order valence-corrected chi connectivity index (χ3v) is 4.53. The molecular weight excluding hydrogens is 184 g/mol. The molecule has 0 spiro atoms. The molecule has 0 aromatic heterocycles. The van der Waals surface area contributed by atoms with E-state index in [4.69, 9.17) is 5.26 Å². The van der Waals surface area contributed by atoms with Gasteiger partial charge in [-0.2, -0.15) is 5.26 Å². The van der Waals surface area contributed by atoms with Crippen LogP contribution >= 0.6 is 0 Å². The number of hydrogen-bond acceptors (Lipinski definition) is 3. The maximum Gasteiger partial charge on any atom is 0.0866 e. The van der Waals surface area contributed by atoms with Gasteiger partial charge < -0.3 is 0 Å². The van der Waals surface area contributed by atoms with Gasteiger partial charge in [-0.15, -0.1) is 0 Å². The first-order chi connectivity index (χ1) is 6.19. The van der Waals surface area contributed by atoms with Crippen LogP contribution in [0.15, 0.2) is 0 Å². The first-order valence-corrected chi connectivity index (χ1v) is 5.95. The predicted molar refractivity (Wildman–Crippen MR) is 53.7 cm³/mol.